The molecule has 0 saturated carbocycles. The lowest BCUT2D eigenvalue weighted by atomic mass is 10.1. The molecule has 0 atom stereocenters. The number of amides is 1. The number of rotatable bonds is 7. The van der Waals surface area contributed by atoms with Crippen molar-refractivity contribution in [3.63, 3.8) is 0 Å². The number of aryl methyl sites for hydroxylation is 1. The molecule has 0 aliphatic heterocycles. The second kappa shape index (κ2) is 9.11. The minimum absolute atomic E-state index is 0.0404. The summed E-state index contributed by atoms with van der Waals surface area (Å²) in [7, 11) is 1.79. The molecule has 1 aromatic heterocycles. The Balaban J connectivity index is 1.56. The van der Waals surface area contributed by atoms with E-state index in [-0.39, 0.29) is 5.91 Å². The quantitative estimate of drug-likeness (QED) is 0.585. The van der Waals surface area contributed by atoms with Crippen LogP contribution in [0.2, 0.25) is 5.02 Å². The second-order valence-electron chi connectivity index (χ2n) is 6.41. The minimum atomic E-state index is 0.0404. The predicted molar refractivity (Wildman–Crippen MR) is 111 cm³/mol. The van der Waals surface area contributed by atoms with Crippen LogP contribution in [-0.4, -0.2) is 33.6 Å². The van der Waals surface area contributed by atoms with Crippen molar-refractivity contribution in [2.45, 2.75) is 25.0 Å². The summed E-state index contributed by atoms with van der Waals surface area (Å²) in [5.74, 6) is 0.372. The zero-order valence-corrected chi connectivity index (χ0v) is 17.0. The van der Waals surface area contributed by atoms with Crippen molar-refractivity contribution in [3.05, 3.63) is 82.1 Å². The standard InChI is InChI=1S/C21H22ClN3OS/c1-15-19(12-16-8-4-3-5-9-16)24-21(23-15)27-14-20(26)25(2)13-17-10-6-7-11-18(17)22/h3-11H,12-14H2,1-2H3,(H,23,24). The topological polar surface area (TPSA) is 49.0 Å². The van der Waals surface area contributed by atoms with Crippen molar-refractivity contribution >= 4 is 29.3 Å². The molecule has 0 spiro atoms. The molecule has 0 bridgehead atoms. The predicted octanol–water partition coefficient (Wildman–Crippen LogP) is 4.71. The van der Waals surface area contributed by atoms with Crippen LogP contribution in [0.3, 0.4) is 0 Å². The monoisotopic (exact) mass is 399 g/mol. The number of aromatic amines is 1. The van der Waals surface area contributed by atoms with Crippen LogP contribution < -0.4 is 0 Å². The van der Waals surface area contributed by atoms with Crippen LogP contribution in [0.25, 0.3) is 0 Å². The van der Waals surface area contributed by atoms with Gasteiger partial charge in [-0.05, 0) is 24.1 Å². The first-order valence-electron chi connectivity index (χ1n) is 8.72. The van der Waals surface area contributed by atoms with Gasteiger partial charge in [-0.15, -0.1) is 0 Å². The Hall–Kier alpha value is -2.24. The maximum Gasteiger partial charge on any atom is 0.233 e. The van der Waals surface area contributed by atoms with Gasteiger partial charge in [0.1, 0.15) is 0 Å². The molecule has 0 unspecified atom stereocenters. The van der Waals surface area contributed by atoms with Crippen LogP contribution in [0.15, 0.2) is 59.8 Å². The molecule has 6 heteroatoms. The van der Waals surface area contributed by atoms with Crippen LogP contribution in [0, 0.1) is 6.92 Å². The Bertz CT molecular complexity index is 911. The number of nitrogens with zero attached hydrogens (tertiary/aromatic N) is 2. The van der Waals surface area contributed by atoms with E-state index in [1.165, 1.54) is 17.3 Å². The number of hydrogen-bond acceptors (Lipinski definition) is 3. The van der Waals surface area contributed by atoms with Gasteiger partial charge in [-0.1, -0.05) is 71.9 Å². The van der Waals surface area contributed by atoms with Crippen LogP contribution in [0.1, 0.15) is 22.5 Å². The van der Waals surface area contributed by atoms with Crippen molar-refractivity contribution in [2.75, 3.05) is 12.8 Å². The highest BCUT2D eigenvalue weighted by molar-refractivity contribution is 7.99. The van der Waals surface area contributed by atoms with Crippen LogP contribution >= 0.6 is 23.4 Å². The van der Waals surface area contributed by atoms with E-state index in [2.05, 4.69) is 22.1 Å². The average molecular weight is 400 g/mol. The van der Waals surface area contributed by atoms with E-state index in [0.717, 1.165) is 28.5 Å². The molecule has 2 aromatic carbocycles. The summed E-state index contributed by atoms with van der Waals surface area (Å²) in [6.07, 6.45) is 0.782. The number of carbonyl (C=O) groups is 1. The third-order valence-corrected chi connectivity index (χ3v) is 5.53. The number of imidazole rings is 1. The van der Waals surface area contributed by atoms with Crippen molar-refractivity contribution in [1.82, 2.24) is 14.9 Å². The molecule has 0 aliphatic rings. The van der Waals surface area contributed by atoms with Crippen LogP contribution in [0.4, 0.5) is 0 Å². The number of aromatic nitrogens is 2. The van der Waals surface area contributed by atoms with Crippen LogP contribution in [0.5, 0.6) is 0 Å². The first-order valence-corrected chi connectivity index (χ1v) is 10.1. The first-order chi connectivity index (χ1) is 13.0. The SMILES string of the molecule is Cc1[nH]c(SCC(=O)N(C)Cc2ccccc2Cl)nc1Cc1ccccc1. The summed E-state index contributed by atoms with van der Waals surface area (Å²) in [5, 5.41) is 1.45. The van der Waals surface area contributed by atoms with E-state index in [0.29, 0.717) is 17.3 Å². The number of H-pyrrole nitrogens is 1. The van der Waals surface area contributed by atoms with Crippen molar-refractivity contribution in [3.8, 4) is 0 Å². The minimum Gasteiger partial charge on any atom is -0.341 e. The van der Waals surface area contributed by atoms with Crippen LogP contribution in [-0.2, 0) is 17.8 Å². The summed E-state index contributed by atoms with van der Waals surface area (Å²) in [4.78, 5) is 22.1. The molecule has 3 aromatic rings. The summed E-state index contributed by atoms with van der Waals surface area (Å²) >= 11 is 7.60. The molecule has 0 aliphatic carbocycles. The lowest BCUT2D eigenvalue weighted by molar-refractivity contribution is -0.127. The maximum absolute atomic E-state index is 12.4. The van der Waals surface area contributed by atoms with Crippen molar-refractivity contribution in [1.29, 1.82) is 0 Å². The highest BCUT2D eigenvalue weighted by Gasteiger charge is 2.14. The molecule has 0 saturated heterocycles. The van der Waals surface area contributed by atoms with E-state index in [1.807, 2.05) is 49.4 Å². The highest BCUT2D eigenvalue weighted by atomic mass is 35.5. The van der Waals surface area contributed by atoms with Crippen molar-refractivity contribution < 1.29 is 4.79 Å². The molecule has 0 fully saturated rings. The molecule has 0 radical (unpaired) electrons. The third kappa shape index (κ3) is 5.37. The highest BCUT2D eigenvalue weighted by Crippen LogP contribution is 2.21. The van der Waals surface area contributed by atoms with Gasteiger partial charge in [0.2, 0.25) is 5.91 Å². The van der Waals surface area contributed by atoms with Crippen molar-refractivity contribution in [2.24, 2.45) is 0 Å². The van der Waals surface area contributed by atoms with E-state index in [1.54, 1.807) is 11.9 Å². The van der Waals surface area contributed by atoms with Gasteiger partial charge in [0.25, 0.3) is 0 Å². The zero-order valence-electron chi connectivity index (χ0n) is 15.4. The molecular formula is C21H22ClN3OS. The van der Waals surface area contributed by atoms with Gasteiger partial charge in [-0.2, -0.15) is 0 Å². The largest absolute Gasteiger partial charge is 0.341 e. The van der Waals surface area contributed by atoms with Gasteiger partial charge in [-0.25, -0.2) is 4.98 Å². The summed E-state index contributed by atoms with van der Waals surface area (Å²) in [5.41, 5.74) is 4.22. The Kier molecular flexibility index (Phi) is 6.58. The van der Waals surface area contributed by atoms with E-state index in [9.17, 15) is 4.79 Å². The number of carbonyl (C=O) groups excluding carboxylic acids is 1. The molecule has 4 nitrogen and oxygen atoms in total. The molecule has 140 valence electrons. The zero-order chi connectivity index (χ0) is 19.2. The van der Waals surface area contributed by atoms with E-state index < -0.39 is 0 Å². The Morgan fingerprint density at radius 2 is 1.85 bits per heavy atom. The molecular weight excluding hydrogens is 378 g/mol. The summed E-state index contributed by atoms with van der Waals surface area (Å²) < 4.78 is 0. The first kappa shape index (κ1) is 19.5. The Morgan fingerprint density at radius 1 is 1.15 bits per heavy atom. The normalized spacial score (nSPS) is 10.8. The van der Waals surface area contributed by atoms with Gasteiger partial charge in [0.15, 0.2) is 5.16 Å². The smallest absolute Gasteiger partial charge is 0.233 e. The number of nitrogens with one attached hydrogen (secondary N) is 1. The summed E-state index contributed by atoms with van der Waals surface area (Å²) in [6.45, 7) is 2.51. The van der Waals surface area contributed by atoms with E-state index >= 15 is 0 Å². The number of thioether (sulfide) groups is 1. The third-order valence-electron chi connectivity index (χ3n) is 4.30. The van der Waals surface area contributed by atoms with Gasteiger partial charge in [-0.3, -0.25) is 4.79 Å². The van der Waals surface area contributed by atoms with E-state index in [4.69, 9.17) is 11.6 Å². The fraction of sp³-hybridized carbons (Fsp3) is 0.238. The maximum atomic E-state index is 12.4. The fourth-order valence-electron chi connectivity index (χ4n) is 2.71. The molecule has 1 amide bonds. The average Bonchev–Trinajstić information content (AvgIpc) is 3.02. The lowest BCUT2D eigenvalue weighted by Crippen LogP contribution is -2.27. The lowest BCUT2D eigenvalue weighted by Gasteiger charge is -2.17. The number of benzene rings is 2. The van der Waals surface area contributed by atoms with Gasteiger partial charge < -0.3 is 9.88 Å². The number of halogens is 1. The molecule has 3 rings (SSSR count). The molecule has 1 N–H and O–H groups in total. The Labute approximate surface area is 169 Å². The molecule has 27 heavy (non-hydrogen) atoms. The number of hydrogen-bond donors (Lipinski definition) is 1. The molecule has 1 heterocycles. The van der Waals surface area contributed by atoms with Gasteiger partial charge in [0, 0.05) is 30.7 Å². The second-order valence-corrected chi connectivity index (χ2v) is 7.78. The van der Waals surface area contributed by atoms with Gasteiger partial charge >= 0.3 is 0 Å². The fourth-order valence-corrected chi connectivity index (χ4v) is 3.78. The van der Waals surface area contributed by atoms with Gasteiger partial charge in [0.05, 0.1) is 11.4 Å². The summed E-state index contributed by atoms with van der Waals surface area (Å²) in [6, 6.07) is 17.8. The Morgan fingerprint density at radius 3 is 2.59 bits per heavy atom.